The molecule has 0 aromatic carbocycles. The summed E-state index contributed by atoms with van der Waals surface area (Å²) in [6, 6.07) is 0. The summed E-state index contributed by atoms with van der Waals surface area (Å²) in [5, 5.41) is 21.9. The first kappa shape index (κ1) is 17.9. The predicted octanol–water partition coefficient (Wildman–Crippen LogP) is -7.93. The number of aliphatic carboxylic acids is 2. The molecule has 0 aromatic heterocycles. The molecular formula is C10H12Na2O5. The van der Waals surface area contributed by atoms with Gasteiger partial charge in [-0.25, -0.2) is 0 Å². The van der Waals surface area contributed by atoms with Crippen LogP contribution in [0.2, 0.25) is 0 Å². The molecule has 2 rings (SSSR count). The Bertz CT molecular complexity index is 316. The maximum Gasteiger partial charge on any atom is 1.00 e. The molecule has 0 N–H and O–H groups in total. The van der Waals surface area contributed by atoms with E-state index in [1.165, 1.54) is 0 Å². The summed E-state index contributed by atoms with van der Waals surface area (Å²) in [6.07, 6.45) is 1.10. The van der Waals surface area contributed by atoms with Crippen molar-refractivity contribution in [3.63, 3.8) is 0 Å². The van der Waals surface area contributed by atoms with Crippen molar-refractivity contribution in [3.05, 3.63) is 0 Å². The van der Waals surface area contributed by atoms with Crippen molar-refractivity contribution in [2.24, 2.45) is 11.8 Å². The Morgan fingerprint density at radius 3 is 1.53 bits per heavy atom. The first-order valence-electron chi connectivity index (χ1n) is 4.92. The molecule has 2 fully saturated rings. The summed E-state index contributed by atoms with van der Waals surface area (Å²) in [6.45, 7) is 3.25. The fourth-order valence-corrected chi connectivity index (χ4v) is 3.04. The first-order chi connectivity index (χ1) is 6.80. The van der Waals surface area contributed by atoms with Crippen LogP contribution in [0, 0.1) is 11.8 Å². The minimum absolute atomic E-state index is 0. The zero-order valence-corrected chi connectivity index (χ0v) is 14.6. The summed E-state index contributed by atoms with van der Waals surface area (Å²) < 4.78 is 5.55. The third-order valence-corrected chi connectivity index (χ3v) is 3.74. The van der Waals surface area contributed by atoms with Gasteiger partial charge < -0.3 is 24.5 Å². The third-order valence-electron chi connectivity index (χ3n) is 3.74. The predicted molar refractivity (Wildman–Crippen MR) is 44.1 cm³/mol. The fourth-order valence-electron chi connectivity index (χ4n) is 3.04. The third kappa shape index (κ3) is 2.61. The molecule has 4 atom stereocenters. The van der Waals surface area contributed by atoms with Crippen LogP contribution in [-0.2, 0) is 14.3 Å². The van der Waals surface area contributed by atoms with E-state index in [0.717, 1.165) is 0 Å². The Morgan fingerprint density at radius 2 is 1.29 bits per heavy atom. The summed E-state index contributed by atoms with van der Waals surface area (Å²) in [7, 11) is 0. The molecule has 2 aliphatic heterocycles. The molecule has 2 aliphatic rings. The van der Waals surface area contributed by atoms with Gasteiger partial charge in [-0.1, -0.05) is 0 Å². The Balaban J connectivity index is 0.00000128. The number of hydrogen-bond donors (Lipinski definition) is 0. The summed E-state index contributed by atoms with van der Waals surface area (Å²) in [5.41, 5.74) is -1.84. The van der Waals surface area contributed by atoms with E-state index in [0.29, 0.717) is 12.8 Å². The van der Waals surface area contributed by atoms with Crippen molar-refractivity contribution in [1.82, 2.24) is 0 Å². The Morgan fingerprint density at radius 1 is 1.00 bits per heavy atom. The van der Waals surface area contributed by atoms with Gasteiger partial charge >= 0.3 is 59.1 Å². The molecule has 2 saturated heterocycles. The average Bonchev–Trinajstić information content (AvgIpc) is 2.49. The topological polar surface area (TPSA) is 89.5 Å². The summed E-state index contributed by atoms with van der Waals surface area (Å²) in [4.78, 5) is 21.9. The van der Waals surface area contributed by atoms with Crippen molar-refractivity contribution in [2.75, 3.05) is 0 Å². The van der Waals surface area contributed by atoms with Crippen LogP contribution < -0.4 is 69.3 Å². The van der Waals surface area contributed by atoms with Crippen molar-refractivity contribution in [3.8, 4) is 0 Å². The first-order valence-corrected chi connectivity index (χ1v) is 4.92. The number of carboxylic acids is 2. The van der Waals surface area contributed by atoms with Gasteiger partial charge in [-0.2, -0.15) is 0 Å². The van der Waals surface area contributed by atoms with Crippen LogP contribution in [0.15, 0.2) is 0 Å². The van der Waals surface area contributed by atoms with Crippen molar-refractivity contribution < 1.29 is 83.7 Å². The molecular weight excluding hydrogens is 246 g/mol. The smallest absolute Gasteiger partial charge is 0.550 e. The Hall–Kier alpha value is 0.900. The number of ether oxygens (including phenoxy) is 1. The molecule has 0 aliphatic carbocycles. The quantitative estimate of drug-likeness (QED) is 0.459. The fraction of sp³-hybridized carbons (Fsp3) is 0.800. The number of carboxylic acid groups (broad SMARTS) is 2. The van der Waals surface area contributed by atoms with Gasteiger partial charge in [-0.3, -0.25) is 0 Å². The molecule has 84 valence electrons. The summed E-state index contributed by atoms with van der Waals surface area (Å²) >= 11 is 0. The van der Waals surface area contributed by atoms with Gasteiger partial charge in [0, 0.05) is 23.8 Å². The number of carbonyl (C=O) groups excluding carboxylic acids is 2. The molecule has 5 nitrogen and oxygen atoms in total. The van der Waals surface area contributed by atoms with Gasteiger partial charge in [0.25, 0.3) is 0 Å². The standard InChI is InChI=1S/C10H14O5.2Na/c1-9-3-4-10(2,15-9)6(8(13)14)5(9)7(11)12;;/h5-6H,3-4H2,1-2H3,(H,11,12)(H,13,14);;/q;2*+1/p-2. The Kier molecular flexibility index (Phi) is 5.78. The van der Waals surface area contributed by atoms with Crippen molar-refractivity contribution in [1.29, 1.82) is 0 Å². The van der Waals surface area contributed by atoms with E-state index in [9.17, 15) is 19.8 Å². The number of hydrogen-bond acceptors (Lipinski definition) is 5. The minimum Gasteiger partial charge on any atom is -0.550 e. The second-order valence-corrected chi connectivity index (χ2v) is 4.82. The monoisotopic (exact) mass is 258 g/mol. The van der Waals surface area contributed by atoms with Crippen LogP contribution in [0.25, 0.3) is 0 Å². The van der Waals surface area contributed by atoms with E-state index < -0.39 is 35.0 Å². The van der Waals surface area contributed by atoms with E-state index >= 15 is 0 Å². The minimum atomic E-state index is -1.37. The van der Waals surface area contributed by atoms with Gasteiger partial charge in [-0.15, -0.1) is 0 Å². The Labute approximate surface area is 144 Å². The second-order valence-electron chi connectivity index (χ2n) is 4.82. The van der Waals surface area contributed by atoms with Gasteiger partial charge in [-0.05, 0) is 26.7 Å². The van der Waals surface area contributed by atoms with Crippen LogP contribution in [0.3, 0.4) is 0 Å². The van der Waals surface area contributed by atoms with E-state index in [1.54, 1.807) is 13.8 Å². The van der Waals surface area contributed by atoms with Crippen LogP contribution in [-0.4, -0.2) is 23.1 Å². The number of rotatable bonds is 2. The maximum absolute atomic E-state index is 11.0. The normalized spacial score (nSPS) is 42.5. The van der Waals surface area contributed by atoms with Crippen molar-refractivity contribution in [2.45, 2.75) is 37.9 Å². The molecule has 0 aromatic rings. The number of carbonyl (C=O) groups is 2. The van der Waals surface area contributed by atoms with E-state index in [1.807, 2.05) is 0 Å². The zero-order valence-electron chi connectivity index (χ0n) is 10.6. The summed E-state index contributed by atoms with van der Waals surface area (Å²) in [5.74, 6) is -4.95. The zero-order chi connectivity index (χ0) is 11.4. The molecule has 17 heavy (non-hydrogen) atoms. The van der Waals surface area contributed by atoms with Crippen LogP contribution >= 0.6 is 0 Å². The molecule has 0 radical (unpaired) electrons. The second kappa shape index (κ2) is 5.49. The van der Waals surface area contributed by atoms with Gasteiger partial charge in [0.1, 0.15) is 0 Å². The molecule has 2 bridgehead atoms. The molecule has 0 spiro atoms. The molecule has 4 unspecified atom stereocenters. The molecule has 0 saturated carbocycles. The van der Waals surface area contributed by atoms with E-state index in [4.69, 9.17) is 4.74 Å². The number of fused-ring (bicyclic) bond motifs is 2. The molecule has 2 heterocycles. The molecule has 7 heteroatoms. The van der Waals surface area contributed by atoms with E-state index in [2.05, 4.69) is 0 Å². The van der Waals surface area contributed by atoms with Crippen LogP contribution in [0.1, 0.15) is 26.7 Å². The van der Waals surface area contributed by atoms with Crippen LogP contribution in [0.5, 0.6) is 0 Å². The largest absolute Gasteiger partial charge is 1.00 e. The SMILES string of the molecule is CC12CCC(C)(O1)C(C(=O)[O-])C2C(=O)[O-].[Na+].[Na+]. The van der Waals surface area contributed by atoms with Crippen LogP contribution in [0.4, 0.5) is 0 Å². The van der Waals surface area contributed by atoms with Crippen molar-refractivity contribution >= 4 is 11.9 Å². The molecule has 0 amide bonds. The van der Waals surface area contributed by atoms with Gasteiger partial charge in [0.15, 0.2) is 0 Å². The van der Waals surface area contributed by atoms with Gasteiger partial charge in [0.2, 0.25) is 0 Å². The maximum atomic E-state index is 11.0. The van der Waals surface area contributed by atoms with E-state index in [-0.39, 0.29) is 59.1 Å². The average molecular weight is 258 g/mol. The van der Waals surface area contributed by atoms with Gasteiger partial charge in [0.05, 0.1) is 11.2 Å².